The first-order valence-corrected chi connectivity index (χ1v) is 10.1. The van der Waals surface area contributed by atoms with Crippen LogP contribution in [0.3, 0.4) is 0 Å². The molecular formula is C15H16N2O3S2. The maximum Gasteiger partial charge on any atom is 0.228 e. The third-order valence-electron chi connectivity index (χ3n) is 4.20. The molecule has 22 heavy (non-hydrogen) atoms. The normalized spacial score (nSPS) is 23.7. The molecule has 0 bridgehead atoms. The van der Waals surface area contributed by atoms with Crippen molar-refractivity contribution >= 4 is 43.0 Å². The minimum absolute atomic E-state index is 0.0343. The van der Waals surface area contributed by atoms with E-state index in [0.29, 0.717) is 18.0 Å². The number of thiazole rings is 1. The summed E-state index contributed by atoms with van der Waals surface area (Å²) in [7, 11) is -3.04. The number of sulfone groups is 1. The minimum atomic E-state index is -3.04. The predicted molar refractivity (Wildman–Crippen MR) is 87.0 cm³/mol. The second-order valence-corrected chi connectivity index (χ2v) is 9.39. The molecule has 1 aromatic heterocycles. The average molecular weight is 336 g/mol. The molecule has 1 aliphatic heterocycles. The predicted octanol–water partition coefficient (Wildman–Crippen LogP) is 2.55. The zero-order valence-electron chi connectivity index (χ0n) is 11.9. The van der Waals surface area contributed by atoms with Crippen molar-refractivity contribution < 1.29 is 13.2 Å². The zero-order valence-corrected chi connectivity index (χ0v) is 13.5. The first-order valence-electron chi connectivity index (χ1n) is 7.42. The number of benzene rings is 1. The van der Waals surface area contributed by atoms with Crippen LogP contribution in [0.15, 0.2) is 18.2 Å². The SMILES string of the molecule is O=C(Nc1ccc2nc(C3CC3)sc2c1)[C@@H]1CCS(=O)(=O)C1. The molecule has 1 aromatic carbocycles. The lowest BCUT2D eigenvalue weighted by Gasteiger charge is -2.09. The topological polar surface area (TPSA) is 76.1 Å². The molecule has 1 saturated carbocycles. The molecule has 5 nitrogen and oxygen atoms in total. The van der Waals surface area contributed by atoms with Gasteiger partial charge in [0.2, 0.25) is 5.91 Å². The van der Waals surface area contributed by atoms with Crippen LogP contribution < -0.4 is 5.32 Å². The Morgan fingerprint density at radius 3 is 2.77 bits per heavy atom. The molecule has 1 atom stereocenters. The highest BCUT2D eigenvalue weighted by molar-refractivity contribution is 7.91. The van der Waals surface area contributed by atoms with Crippen molar-refractivity contribution in [1.82, 2.24) is 4.98 Å². The Labute approximate surface area is 132 Å². The van der Waals surface area contributed by atoms with Gasteiger partial charge in [0.1, 0.15) is 0 Å². The Hall–Kier alpha value is -1.47. The van der Waals surface area contributed by atoms with Gasteiger partial charge in [0, 0.05) is 11.6 Å². The molecule has 2 fully saturated rings. The summed E-state index contributed by atoms with van der Waals surface area (Å²) < 4.78 is 24.0. The Balaban J connectivity index is 1.52. The number of amides is 1. The lowest BCUT2D eigenvalue weighted by molar-refractivity contribution is -0.119. The molecule has 2 aliphatic rings. The molecule has 2 aromatic rings. The fourth-order valence-corrected chi connectivity index (χ4v) is 5.69. The fourth-order valence-electron chi connectivity index (χ4n) is 2.77. The third kappa shape index (κ3) is 2.75. The minimum Gasteiger partial charge on any atom is -0.326 e. The molecule has 0 spiro atoms. The van der Waals surface area contributed by atoms with Crippen LogP contribution >= 0.6 is 11.3 Å². The monoisotopic (exact) mass is 336 g/mol. The van der Waals surface area contributed by atoms with E-state index in [1.807, 2.05) is 18.2 Å². The molecule has 2 heterocycles. The van der Waals surface area contributed by atoms with Crippen LogP contribution in [0.4, 0.5) is 5.69 Å². The van der Waals surface area contributed by atoms with Gasteiger partial charge in [-0.2, -0.15) is 0 Å². The number of hydrogen-bond donors (Lipinski definition) is 1. The van der Waals surface area contributed by atoms with Crippen molar-refractivity contribution in [2.75, 3.05) is 16.8 Å². The summed E-state index contributed by atoms with van der Waals surface area (Å²) in [5.74, 6) is 0.0765. The highest BCUT2D eigenvalue weighted by atomic mass is 32.2. The molecule has 0 unspecified atom stereocenters. The zero-order chi connectivity index (χ0) is 15.3. The second-order valence-electron chi connectivity index (χ2n) is 6.10. The highest BCUT2D eigenvalue weighted by Crippen LogP contribution is 2.43. The van der Waals surface area contributed by atoms with Crippen LogP contribution in [0.2, 0.25) is 0 Å². The van der Waals surface area contributed by atoms with Crippen LogP contribution in [0.25, 0.3) is 10.2 Å². The standard InChI is InChI=1S/C15H16N2O3S2/c18-14(10-5-6-22(19,20)8-10)16-11-3-4-12-13(7-11)21-15(17-12)9-1-2-9/h3-4,7,9-10H,1-2,5-6,8H2,(H,16,18)/t10-/m1/s1. The largest absolute Gasteiger partial charge is 0.326 e. The van der Waals surface area contributed by atoms with Crippen molar-refractivity contribution in [2.24, 2.45) is 5.92 Å². The number of aromatic nitrogens is 1. The van der Waals surface area contributed by atoms with Crippen molar-refractivity contribution in [1.29, 1.82) is 0 Å². The average Bonchev–Trinajstić information content (AvgIpc) is 3.13. The van der Waals surface area contributed by atoms with Gasteiger partial charge < -0.3 is 5.32 Å². The Kier molecular flexibility index (Phi) is 3.23. The van der Waals surface area contributed by atoms with Gasteiger partial charge >= 0.3 is 0 Å². The first kappa shape index (κ1) is 14.1. The van der Waals surface area contributed by atoms with Gasteiger partial charge in [-0.05, 0) is 37.5 Å². The lowest BCUT2D eigenvalue weighted by atomic mass is 10.1. The summed E-state index contributed by atoms with van der Waals surface area (Å²) in [6.07, 6.45) is 2.86. The summed E-state index contributed by atoms with van der Waals surface area (Å²) in [6, 6.07) is 5.68. The van der Waals surface area contributed by atoms with Gasteiger partial charge in [-0.15, -0.1) is 11.3 Å². The van der Waals surface area contributed by atoms with Gasteiger partial charge in [0.25, 0.3) is 0 Å². The molecule has 1 amide bonds. The Bertz CT molecular complexity index is 853. The number of anilines is 1. The van der Waals surface area contributed by atoms with Crippen LogP contribution in [0.1, 0.15) is 30.2 Å². The van der Waals surface area contributed by atoms with E-state index in [9.17, 15) is 13.2 Å². The number of carbonyl (C=O) groups is 1. The lowest BCUT2D eigenvalue weighted by Crippen LogP contribution is -2.23. The number of carbonyl (C=O) groups excluding carboxylic acids is 1. The second kappa shape index (κ2) is 5.03. The van der Waals surface area contributed by atoms with Gasteiger partial charge in [-0.3, -0.25) is 4.79 Å². The van der Waals surface area contributed by atoms with E-state index in [0.717, 1.165) is 10.2 Å². The fraction of sp³-hybridized carbons (Fsp3) is 0.467. The molecule has 1 N–H and O–H groups in total. The quantitative estimate of drug-likeness (QED) is 0.934. The molecule has 7 heteroatoms. The third-order valence-corrected chi connectivity index (χ3v) is 7.15. The van der Waals surface area contributed by atoms with Crippen LogP contribution in [-0.4, -0.2) is 30.8 Å². The van der Waals surface area contributed by atoms with Crippen molar-refractivity contribution in [3.63, 3.8) is 0 Å². The summed E-state index contributed by atoms with van der Waals surface area (Å²) >= 11 is 1.68. The number of hydrogen-bond acceptors (Lipinski definition) is 5. The van der Waals surface area contributed by atoms with E-state index < -0.39 is 15.8 Å². The maximum atomic E-state index is 12.2. The van der Waals surface area contributed by atoms with E-state index in [1.165, 1.54) is 17.8 Å². The molecular weight excluding hydrogens is 320 g/mol. The van der Waals surface area contributed by atoms with Gasteiger partial charge in [-0.1, -0.05) is 0 Å². The molecule has 116 valence electrons. The number of fused-ring (bicyclic) bond motifs is 1. The molecule has 0 radical (unpaired) electrons. The number of nitrogens with zero attached hydrogens (tertiary/aromatic N) is 1. The Morgan fingerprint density at radius 1 is 1.27 bits per heavy atom. The van der Waals surface area contributed by atoms with E-state index in [1.54, 1.807) is 11.3 Å². The van der Waals surface area contributed by atoms with Crippen LogP contribution in [0, 0.1) is 5.92 Å². The molecule has 1 aliphatic carbocycles. The molecule has 1 saturated heterocycles. The van der Waals surface area contributed by atoms with Crippen molar-refractivity contribution in [3.05, 3.63) is 23.2 Å². The molecule has 4 rings (SSSR count). The van der Waals surface area contributed by atoms with Crippen molar-refractivity contribution in [3.8, 4) is 0 Å². The highest BCUT2D eigenvalue weighted by Gasteiger charge is 2.33. The summed E-state index contributed by atoms with van der Waals surface area (Å²) in [5.41, 5.74) is 1.68. The van der Waals surface area contributed by atoms with Gasteiger partial charge in [0.15, 0.2) is 9.84 Å². The number of rotatable bonds is 3. The van der Waals surface area contributed by atoms with E-state index in [4.69, 9.17) is 0 Å². The van der Waals surface area contributed by atoms with Gasteiger partial charge in [0.05, 0.1) is 32.6 Å². The summed E-state index contributed by atoms with van der Waals surface area (Å²) in [5, 5.41) is 4.02. The smallest absolute Gasteiger partial charge is 0.228 e. The van der Waals surface area contributed by atoms with Crippen LogP contribution in [-0.2, 0) is 14.6 Å². The van der Waals surface area contributed by atoms with E-state index >= 15 is 0 Å². The maximum absolute atomic E-state index is 12.2. The van der Waals surface area contributed by atoms with Crippen LogP contribution in [0.5, 0.6) is 0 Å². The van der Waals surface area contributed by atoms with Crippen molar-refractivity contribution in [2.45, 2.75) is 25.2 Å². The summed E-state index contributed by atoms with van der Waals surface area (Å²) in [4.78, 5) is 16.8. The van der Waals surface area contributed by atoms with Gasteiger partial charge in [-0.25, -0.2) is 13.4 Å². The van der Waals surface area contributed by atoms with E-state index in [-0.39, 0.29) is 17.4 Å². The summed E-state index contributed by atoms with van der Waals surface area (Å²) in [6.45, 7) is 0. The number of nitrogens with one attached hydrogen (secondary N) is 1. The van der Waals surface area contributed by atoms with E-state index in [2.05, 4.69) is 10.3 Å². The Morgan fingerprint density at radius 2 is 2.09 bits per heavy atom. The first-order chi connectivity index (χ1) is 10.5.